The fraction of sp³-hybridized carbons (Fsp3) is 0.154. The second-order valence-corrected chi connectivity index (χ2v) is 7.65. The van der Waals surface area contributed by atoms with Crippen molar-refractivity contribution in [2.75, 3.05) is 13.7 Å². The molecule has 2 heterocycles. The minimum absolute atomic E-state index is 0.000721. The van der Waals surface area contributed by atoms with Gasteiger partial charge in [-0.2, -0.15) is 9.78 Å². The van der Waals surface area contributed by atoms with Crippen molar-refractivity contribution in [1.29, 1.82) is 10.8 Å². The van der Waals surface area contributed by atoms with Gasteiger partial charge >= 0.3 is 0 Å². The number of nitrogens with one attached hydrogen (secondary N) is 2. The van der Waals surface area contributed by atoms with Crippen LogP contribution in [-0.2, 0) is 4.74 Å². The molecule has 0 bridgehead atoms. The standard InChI is InChI=1S/C26H25N7O3/c1-5-23(20-11-10-19(34-4)14-22(20)29-3)35-15-25(28)33-24(27)13-12-21(32-33)17-6-8-18(9-7-17)26-31-30-16(2)36-26/h5-14,27-28H,3,15H2,1-2,4H3/b23-5+,27-24?,28-25?. The van der Waals surface area contributed by atoms with E-state index in [1.807, 2.05) is 37.3 Å². The van der Waals surface area contributed by atoms with Crippen LogP contribution in [0.2, 0.25) is 0 Å². The maximum Gasteiger partial charge on any atom is 0.247 e. The lowest BCUT2D eigenvalue weighted by Gasteiger charge is -2.15. The van der Waals surface area contributed by atoms with E-state index < -0.39 is 0 Å². The number of rotatable bonds is 8. The predicted octanol–water partition coefficient (Wildman–Crippen LogP) is 4.63. The molecule has 0 spiro atoms. The number of nitrogens with zero attached hydrogens (tertiary/aromatic N) is 5. The van der Waals surface area contributed by atoms with Gasteiger partial charge in [0.2, 0.25) is 11.8 Å². The third kappa shape index (κ3) is 5.12. The summed E-state index contributed by atoms with van der Waals surface area (Å²) in [4.78, 5) is 4.05. The van der Waals surface area contributed by atoms with Gasteiger partial charge in [0.1, 0.15) is 23.6 Å². The summed E-state index contributed by atoms with van der Waals surface area (Å²) in [6.07, 6.45) is 1.78. The lowest BCUT2D eigenvalue weighted by Crippen LogP contribution is -2.31. The van der Waals surface area contributed by atoms with E-state index in [4.69, 9.17) is 24.7 Å². The van der Waals surface area contributed by atoms with Crippen molar-refractivity contribution in [3.63, 3.8) is 0 Å². The summed E-state index contributed by atoms with van der Waals surface area (Å²) in [5.74, 6) is 2.11. The summed E-state index contributed by atoms with van der Waals surface area (Å²) in [5, 5.41) is 29.1. The van der Waals surface area contributed by atoms with E-state index in [-0.39, 0.29) is 17.9 Å². The van der Waals surface area contributed by atoms with Crippen molar-refractivity contribution in [2.45, 2.75) is 13.8 Å². The van der Waals surface area contributed by atoms with E-state index >= 15 is 0 Å². The molecule has 0 aliphatic heterocycles. The van der Waals surface area contributed by atoms with Gasteiger partial charge < -0.3 is 13.9 Å². The van der Waals surface area contributed by atoms with Gasteiger partial charge in [0, 0.05) is 29.7 Å². The molecular weight excluding hydrogens is 458 g/mol. The molecule has 0 aliphatic carbocycles. The average molecular weight is 484 g/mol. The fourth-order valence-electron chi connectivity index (χ4n) is 3.48. The molecule has 0 saturated heterocycles. The molecule has 0 amide bonds. The molecule has 0 saturated carbocycles. The smallest absolute Gasteiger partial charge is 0.247 e. The number of aliphatic imine (C=N–C) groups is 1. The topological polar surface area (TPSA) is 135 Å². The van der Waals surface area contributed by atoms with Crippen LogP contribution in [0.15, 0.2) is 70.1 Å². The third-order valence-electron chi connectivity index (χ3n) is 5.31. The van der Waals surface area contributed by atoms with Crippen LogP contribution in [0, 0.1) is 17.7 Å². The highest BCUT2D eigenvalue weighted by Crippen LogP contribution is 2.31. The van der Waals surface area contributed by atoms with Crippen molar-refractivity contribution >= 4 is 24.0 Å². The van der Waals surface area contributed by atoms with Gasteiger partial charge in [-0.3, -0.25) is 15.8 Å². The van der Waals surface area contributed by atoms with Gasteiger partial charge in [-0.1, -0.05) is 12.1 Å². The summed E-state index contributed by atoms with van der Waals surface area (Å²) in [6, 6.07) is 16.2. The molecule has 10 nitrogen and oxygen atoms in total. The van der Waals surface area contributed by atoms with Crippen LogP contribution in [0.25, 0.3) is 28.5 Å². The summed E-state index contributed by atoms with van der Waals surface area (Å²) in [7, 11) is 1.58. The molecule has 182 valence electrons. The minimum Gasteiger partial charge on any atom is -0.497 e. The fourth-order valence-corrected chi connectivity index (χ4v) is 3.48. The Hall–Kier alpha value is -4.86. The zero-order chi connectivity index (χ0) is 25.7. The predicted molar refractivity (Wildman–Crippen MR) is 136 cm³/mol. The normalized spacial score (nSPS) is 11.2. The van der Waals surface area contributed by atoms with E-state index in [1.165, 1.54) is 4.68 Å². The molecule has 4 aromatic rings. The number of hydrogen-bond acceptors (Lipinski definition) is 9. The Balaban J connectivity index is 1.52. The van der Waals surface area contributed by atoms with E-state index in [0.717, 1.165) is 16.7 Å². The van der Waals surface area contributed by atoms with Crippen LogP contribution in [0.5, 0.6) is 5.75 Å². The number of methoxy groups -OCH3 is 1. The minimum atomic E-state index is -0.106. The number of hydrogen-bond donors (Lipinski definition) is 2. The Labute approximate surface area is 207 Å². The Morgan fingerprint density at radius 3 is 2.50 bits per heavy atom. The van der Waals surface area contributed by atoms with Crippen LogP contribution >= 0.6 is 0 Å². The first kappa shape index (κ1) is 24.3. The summed E-state index contributed by atoms with van der Waals surface area (Å²) >= 11 is 0. The van der Waals surface area contributed by atoms with Crippen LogP contribution in [-0.4, -0.2) is 46.2 Å². The van der Waals surface area contributed by atoms with Crippen LogP contribution in [0.1, 0.15) is 18.4 Å². The van der Waals surface area contributed by atoms with Crippen molar-refractivity contribution in [3.05, 3.63) is 77.6 Å². The lowest BCUT2D eigenvalue weighted by molar-refractivity contribution is 0.326. The van der Waals surface area contributed by atoms with Crippen LogP contribution in [0.4, 0.5) is 5.69 Å². The maximum atomic E-state index is 8.52. The highest BCUT2D eigenvalue weighted by atomic mass is 16.5. The number of aromatic nitrogens is 4. The van der Waals surface area contributed by atoms with Crippen molar-refractivity contribution in [3.8, 4) is 28.5 Å². The van der Waals surface area contributed by atoms with E-state index in [9.17, 15) is 0 Å². The van der Waals surface area contributed by atoms with Crippen LogP contribution in [0.3, 0.4) is 0 Å². The van der Waals surface area contributed by atoms with Crippen molar-refractivity contribution in [2.24, 2.45) is 4.99 Å². The highest BCUT2D eigenvalue weighted by molar-refractivity contribution is 5.83. The number of benzene rings is 2. The number of allylic oxidation sites excluding steroid dienone is 1. The maximum absolute atomic E-state index is 8.52. The zero-order valence-electron chi connectivity index (χ0n) is 20.1. The first-order valence-electron chi connectivity index (χ1n) is 11.0. The third-order valence-corrected chi connectivity index (χ3v) is 5.31. The van der Waals surface area contributed by atoms with Gasteiger partial charge in [0.15, 0.2) is 5.84 Å². The Bertz CT molecular complexity index is 1500. The molecule has 0 radical (unpaired) electrons. The zero-order valence-corrected chi connectivity index (χ0v) is 20.1. The summed E-state index contributed by atoms with van der Waals surface area (Å²) in [5.41, 5.74) is 3.58. The van der Waals surface area contributed by atoms with Gasteiger partial charge in [-0.15, -0.1) is 10.2 Å². The van der Waals surface area contributed by atoms with E-state index in [0.29, 0.717) is 34.7 Å². The van der Waals surface area contributed by atoms with Crippen molar-refractivity contribution < 1.29 is 13.9 Å². The molecule has 10 heteroatoms. The summed E-state index contributed by atoms with van der Waals surface area (Å²) < 4.78 is 17.9. The first-order chi connectivity index (χ1) is 17.4. The Morgan fingerprint density at radius 1 is 1.11 bits per heavy atom. The molecule has 0 fully saturated rings. The largest absolute Gasteiger partial charge is 0.497 e. The molecule has 36 heavy (non-hydrogen) atoms. The molecule has 4 rings (SSSR count). The molecule has 2 aromatic carbocycles. The second-order valence-electron chi connectivity index (χ2n) is 7.65. The van der Waals surface area contributed by atoms with Gasteiger partial charge in [-0.25, -0.2) is 0 Å². The highest BCUT2D eigenvalue weighted by Gasteiger charge is 2.13. The molecule has 2 aromatic heterocycles. The monoisotopic (exact) mass is 483 g/mol. The van der Waals surface area contributed by atoms with Gasteiger partial charge in [-0.05, 0) is 56.1 Å². The number of ether oxygens (including phenoxy) is 2. The first-order valence-corrected chi connectivity index (χ1v) is 11.0. The van der Waals surface area contributed by atoms with Gasteiger partial charge in [0.25, 0.3) is 0 Å². The Kier molecular flexibility index (Phi) is 7.15. The summed E-state index contributed by atoms with van der Waals surface area (Å²) in [6.45, 7) is 7.08. The SMILES string of the molecule is C=Nc1cc(OC)ccc1/C(=C\C)OCC(=N)n1nc(-c2ccc(-c3nnc(C)o3)cc2)ccc1=N. The Morgan fingerprint density at radius 2 is 1.86 bits per heavy atom. The molecular formula is C26H25N7O3. The number of aryl methyl sites for hydroxylation is 1. The van der Waals surface area contributed by atoms with Gasteiger partial charge in [0.05, 0.1) is 18.5 Å². The lowest BCUT2D eigenvalue weighted by atomic mass is 10.1. The van der Waals surface area contributed by atoms with E-state index in [2.05, 4.69) is 27.0 Å². The molecule has 0 atom stereocenters. The molecule has 0 aliphatic rings. The van der Waals surface area contributed by atoms with Crippen LogP contribution < -0.4 is 10.2 Å². The van der Waals surface area contributed by atoms with E-state index in [1.54, 1.807) is 44.4 Å². The molecule has 2 N–H and O–H groups in total. The molecule has 0 unspecified atom stereocenters. The second kappa shape index (κ2) is 10.6. The quantitative estimate of drug-likeness (QED) is 0.213. The van der Waals surface area contributed by atoms with Crippen molar-refractivity contribution in [1.82, 2.24) is 20.0 Å². The average Bonchev–Trinajstić information content (AvgIpc) is 3.35.